The molecule has 5 heteroatoms. The first kappa shape index (κ1) is 20.5. The fourth-order valence-corrected chi connectivity index (χ4v) is 5.06. The molecule has 1 fully saturated rings. The number of para-hydroxylation sites is 1. The van der Waals surface area contributed by atoms with Crippen LogP contribution in [0.25, 0.3) is 5.69 Å². The lowest BCUT2D eigenvalue weighted by atomic mass is 9.96. The summed E-state index contributed by atoms with van der Waals surface area (Å²) >= 11 is 5.87. The van der Waals surface area contributed by atoms with Crippen molar-refractivity contribution in [1.82, 2.24) is 14.9 Å². The molecule has 0 bridgehead atoms. The van der Waals surface area contributed by atoms with Crippen molar-refractivity contribution < 1.29 is 0 Å². The Morgan fingerprint density at radius 2 is 1.56 bits per heavy atom. The summed E-state index contributed by atoms with van der Waals surface area (Å²) < 4.78 is 2.32. The Kier molecular flexibility index (Phi) is 5.27. The van der Waals surface area contributed by atoms with Gasteiger partial charge < -0.3 is 14.8 Å². The Bertz CT molecular complexity index is 1250. The van der Waals surface area contributed by atoms with E-state index in [1.54, 1.807) is 0 Å². The van der Waals surface area contributed by atoms with Gasteiger partial charge in [-0.05, 0) is 81.0 Å². The number of nitrogens with one attached hydrogen (secondary N) is 1. The third-order valence-corrected chi connectivity index (χ3v) is 6.53. The van der Waals surface area contributed by atoms with E-state index in [0.717, 1.165) is 16.5 Å². The molecule has 4 nitrogen and oxygen atoms in total. The average molecular weight is 439 g/mol. The van der Waals surface area contributed by atoms with E-state index >= 15 is 0 Å². The Labute approximate surface area is 194 Å². The molecule has 1 N–H and O–H groups in total. The average Bonchev–Trinajstić information content (AvgIpc) is 3.31. The van der Waals surface area contributed by atoms with Gasteiger partial charge in [0.15, 0.2) is 5.11 Å². The molecule has 2 aromatic carbocycles. The number of anilines is 1. The van der Waals surface area contributed by atoms with Gasteiger partial charge in [-0.25, -0.2) is 0 Å². The van der Waals surface area contributed by atoms with Crippen LogP contribution < -0.4 is 10.2 Å². The highest BCUT2D eigenvalue weighted by molar-refractivity contribution is 7.80. The Morgan fingerprint density at radius 3 is 2.25 bits per heavy atom. The summed E-state index contributed by atoms with van der Waals surface area (Å²) in [6.45, 7) is 6.46. The van der Waals surface area contributed by atoms with Crippen molar-refractivity contribution in [3.05, 3.63) is 113 Å². The SMILES string of the molecule is Cc1ccc(N2C(=S)N[C@H](c3ccccn3)[C@H]2c2cc(C)n(-c3ccccc3)c2C)cc1. The maximum atomic E-state index is 5.87. The molecule has 1 aliphatic heterocycles. The van der Waals surface area contributed by atoms with Crippen LogP contribution in [-0.2, 0) is 0 Å². The zero-order valence-electron chi connectivity index (χ0n) is 18.5. The maximum absolute atomic E-state index is 5.87. The van der Waals surface area contributed by atoms with Crippen LogP contribution in [0.15, 0.2) is 85.1 Å². The second-order valence-corrected chi connectivity index (χ2v) is 8.72. The van der Waals surface area contributed by atoms with E-state index in [9.17, 15) is 0 Å². The molecule has 2 aromatic heterocycles. The van der Waals surface area contributed by atoms with Gasteiger partial charge >= 0.3 is 0 Å². The summed E-state index contributed by atoms with van der Waals surface area (Å²) in [5.74, 6) is 0. The number of hydrogen-bond acceptors (Lipinski definition) is 2. The van der Waals surface area contributed by atoms with E-state index in [1.165, 1.54) is 28.2 Å². The smallest absolute Gasteiger partial charge is 0.174 e. The maximum Gasteiger partial charge on any atom is 0.174 e. The van der Waals surface area contributed by atoms with Crippen LogP contribution in [0.1, 0.15) is 40.3 Å². The minimum atomic E-state index is -0.0465. The summed E-state index contributed by atoms with van der Waals surface area (Å²) in [6.07, 6.45) is 1.85. The van der Waals surface area contributed by atoms with Gasteiger partial charge in [-0.2, -0.15) is 0 Å². The molecule has 0 spiro atoms. The topological polar surface area (TPSA) is 33.1 Å². The predicted octanol–water partition coefficient (Wildman–Crippen LogP) is 5.97. The summed E-state index contributed by atoms with van der Waals surface area (Å²) in [4.78, 5) is 6.92. The van der Waals surface area contributed by atoms with E-state index in [-0.39, 0.29) is 12.1 Å². The minimum absolute atomic E-state index is 0.0104. The highest BCUT2D eigenvalue weighted by Crippen LogP contribution is 2.43. The van der Waals surface area contributed by atoms with Crippen LogP contribution >= 0.6 is 12.2 Å². The number of thiocarbonyl (C=S) groups is 1. The zero-order chi connectivity index (χ0) is 22.2. The molecule has 1 aliphatic rings. The molecule has 5 rings (SSSR count). The first-order chi connectivity index (χ1) is 15.5. The zero-order valence-corrected chi connectivity index (χ0v) is 19.3. The third-order valence-electron chi connectivity index (χ3n) is 6.21. The minimum Gasteiger partial charge on any atom is -0.351 e. The lowest BCUT2D eigenvalue weighted by Gasteiger charge is -2.28. The number of aryl methyl sites for hydroxylation is 2. The Balaban J connectivity index is 1.68. The Hall–Kier alpha value is -3.44. The lowest BCUT2D eigenvalue weighted by Crippen LogP contribution is -2.29. The molecule has 2 atom stereocenters. The van der Waals surface area contributed by atoms with E-state index in [0.29, 0.717) is 0 Å². The second-order valence-electron chi connectivity index (χ2n) is 8.33. The van der Waals surface area contributed by atoms with Crippen LogP contribution in [0, 0.1) is 20.8 Å². The summed E-state index contributed by atoms with van der Waals surface area (Å²) in [5.41, 5.74) is 8.12. The summed E-state index contributed by atoms with van der Waals surface area (Å²) in [6, 6.07) is 27.4. The van der Waals surface area contributed by atoms with Crippen molar-refractivity contribution in [3.8, 4) is 5.69 Å². The van der Waals surface area contributed by atoms with Crippen molar-refractivity contribution in [3.63, 3.8) is 0 Å². The molecule has 0 unspecified atom stereocenters. The van der Waals surface area contributed by atoms with Crippen LogP contribution in [0.5, 0.6) is 0 Å². The van der Waals surface area contributed by atoms with E-state index < -0.39 is 0 Å². The van der Waals surface area contributed by atoms with Gasteiger partial charge in [0.1, 0.15) is 0 Å². The number of nitrogens with zero attached hydrogens (tertiary/aromatic N) is 3. The molecule has 3 heterocycles. The second kappa shape index (κ2) is 8.24. The molecule has 1 saturated heterocycles. The molecular weight excluding hydrogens is 412 g/mol. The van der Waals surface area contributed by atoms with Crippen LogP contribution in [0.3, 0.4) is 0 Å². The predicted molar refractivity (Wildman–Crippen MR) is 134 cm³/mol. The van der Waals surface area contributed by atoms with E-state index in [4.69, 9.17) is 12.2 Å². The highest BCUT2D eigenvalue weighted by Gasteiger charge is 2.42. The van der Waals surface area contributed by atoms with Crippen molar-refractivity contribution in [2.75, 3.05) is 4.90 Å². The first-order valence-electron chi connectivity index (χ1n) is 10.9. The van der Waals surface area contributed by atoms with Gasteiger partial charge in [-0.1, -0.05) is 42.0 Å². The number of pyridine rings is 1. The van der Waals surface area contributed by atoms with E-state index in [2.05, 4.69) is 101 Å². The molecule has 0 amide bonds. The fraction of sp³-hybridized carbons (Fsp3) is 0.185. The normalized spacial score (nSPS) is 18.1. The molecule has 4 aromatic rings. The number of rotatable bonds is 4. The summed E-state index contributed by atoms with van der Waals surface area (Å²) in [5, 5.41) is 4.28. The molecular formula is C27H26N4S. The number of hydrogen-bond donors (Lipinski definition) is 1. The molecule has 0 aliphatic carbocycles. The highest BCUT2D eigenvalue weighted by atomic mass is 32.1. The van der Waals surface area contributed by atoms with Crippen molar-refractivity contribution in [1.29, 1.82) is 0 Å². The van der Waals surface area contributed by atoms with Gasteiger partial charge in [0.2, 0.25) is 0 Å². The van der Waals surface area contributed by atoms with Gasteiger partial charge in [-0.3, -0.25) is 4.98 Å². The monoisotopic (exact) mass is 438 g/mol. The molecule has 0 saturated carbocycles. The third kappa shape index (κ3) is 3.49. The lowest BCUT2D eigenvalue weighted by molar-refractivity contribution is 0.565. The van der Waals surface area contributed by atoms with Crippen LogP contribution in [0.2, 0.25) is 0 Å². The molecule has 32 heavy (non-hydrogen) atoms. The Morgan fingerprint density at radius 1 is 0.844 bits per heavy atom. The quantitative estimate of drug-likeness (QED) is 0.398. The van der Waals surface area contributed by atoms with Crippen LogP contribution in [-0.4, -0.2) is 14.7 Å². The van der Waals surface area contributed by atoms with Crippen molar-refractivity contribution >= 4 is 23.0 Å². The number of aromatic nitrogens is 2. The molecule has 160 valence electrons. The van der Waals surface area contributed by atoms with Crippen molar-refractivity contribution in [2.24, 2.45) is 0 Å². The largest absolute Gasteiger partial charge is 0.351 e. The van der Waals surface area contributed by atoms with Gasteiger partial charge in [0, 0.05) is 29.0 Å². The van der Waals surface area contributed by atoms with Gasteiger partial charge in [-0.15, -0.1) is 0 Å². The standard InChI is InChI=1S/C27H26N4S/c1-18-12-14-22(15-13-18)31-26(25(29-27(31)32)24-11-7-8-16-28-24)23-17-19(2)30(20(23)3)21-9-5-4-6-10-21/h4-17,25-26H,1-3H3,(H,29,32)/t25-,26-/m1/s1. The number of benzene rings is 2. The van der Waals surface area contributed by atoms with Crippen molar-refractivity contribution in [2.45, 2.75) is 32.9 Å². The fourth-order valence-electron chi connectivity index (χ4n) is 4.72. The van der Waals surface area contributed by atoms with Gasteiger partial charge in [0.05, 0.1) is 17.8 Å². The van der Waals surface area contributed by atoms with E-state index in [1.807, 2.05) is 24.4 Å². The first-order valence-corrected chi connectivity index (χ1v) is 11.3. The molecule has 0 radical (unpaired) electrons. The summed E-state index contributed by atoms with van der Waals surface area (Å²) in [7, 11) is 0. The van der Waals surface area contributed by atoms with Crippen LogP contribution in [0.4, 0.5) is 5.69 Å². The van der Waals surface area contributed by atoms with Gasteiger partial charge in [0.25, 0.3) is 0 Å².